The third-order valence-corrected chi connectivity index (χ3v) is 5.19. The highest BCUT2D eigenvalue weighted by Crippen LogP contribution is 2.21. The maximum absolute atomic E-state index is 12.4. The molecule has 0 aliphatic carbocycles. The predicted molar refractivity (Wildman–Crippen MR) is 92.6 cm³/mol. The van der Waals surface area contributed by atoms with Crippen LogP contribution >= 0.6 is 11.6 Å². The van der Waals surface area contributed by atoms with Gasteiger partial charge >= 0.3 is 0 Å². The number of halogens is 1. The van der Waals surface area contributed by atoms with Gasteiger partial charge in [0.25, 0.3) is 10.0 Å². The lowest BCUT2D eigenvalue weighted by Crippen LogP contribution is -2.23. The molecule has 6 nitrogen and oxygen atoms in total. The van der Waals surface area contributed by atoms with E-state index in [9.17, 15) is 8.42 Å². The molecule has 1 N–H and O–H groups in total. The molecular formula is C15H19ClN4O2S. The lowest BCUT2D eigenvalue weighted by atomic mass is 10.2. The molecule has 0 unspecified atom stereocenters. The number of sulfonamides is 1. The number of nitrogens with zero attached hydrogens (tertiary/aromatic N) is 3. The van der Waals surface area contributed by atoms with Gasteiger partial charge in [-0.2, -0.15) is 0 Å². The summed E-state index contributed by atoms with van der Waals surface area (Å²) in [5.74, 6) is 0.883. The van der Waals surface area contributed by atoms with Crippen molar-refractivity contribution in [2.75, 3.05) is 22.7 Å². The summed E-state index contributed by atoms with van der Waals surface area (Å²) in [5, 5.41) is 8.52. The van der Waals surface area contributed by atoms with Crippen LogP contribution < -0.4 is 9.62 Å². The number of hydrogen-bond acceptors (Lipinski definition) is 5. The largest absolute Gasteiger partial charge is 0.356 e. The van der Waals surface area contributed by atoms with Gasteiger partial charge in [0.2, 0.25) is 0 Å². The molecule has 2 rings (SSSR count). The van der Waals surface area contributed by atoms with Crippen molar-refractivity contribution < 1.29 is 8.42 Å². The fraction of sp³-hybridized carbons (Fsp3) is 0.333. The average Bonchev–Trinajstić information content (AvgIpc) is 2.52. The Morgan fingerprint density at radius 2 is 1.83 bits per heavy atom. The van der Waals surface area contributed by atoms with Gasteiger partial charge in [0.05, 0.1) is 4.90 Å². The smallest absolute Gasteiger partial charge is 0.263 e. The first-order valence-electron chi connectivity index (χ1n) is 7.25. The van der Waals surface area contributed by atoms with Crippen molar-refractivity contribution in [2.45, 2.75) is 25.7 Å². The molecule has 0 saturated heterocycles. The van der Waals surface area contributed by atoms with E-state index >= 15 is 0 Å². The molecule has 0 amide bonds. The van der Waals surface area contributed by atoms with Crippen LogP contribution in [0.2, 0.25) is 5.02 Å². The van der Waals surface area contributed by atoms with Crippen LogP contribution in [0.5, 0.6) is 0 Å². The topological polar surface area (TPSA) is 75.2 Å². The van der Waals surface area contributed by atoms with Crippen LogP contribution in [0.1, 0.15) is 19.4 Å². The maximum atomic E-state index is 12.4. The number of benzene rings is 1. The maximum Gasteiger partial charge on any atom is 0.263 e. The number of aromatic nitrogens is 2. The van der Waals surface area contributed by atoms with E-state index in [4.69, 9.17) is 11.6 Å². The summed E-state index contributed by atoms with van der Waals surface area (Å²) < 4.78 is 27.1. The normalized spacial score (nSPS) is 11.3. The number of aryl methyl sites for hydroxylation is 1. The Bertz CT molecular complexity index is 775. The zero-order valence-corrected chi connectivity index (χ0v) is 14.8. The SMILES string of the molecule is CCN(CC)c1ccc(NS(=O)(=O)c2ccc(Cl)c(C)c2)nn1. The van der Waals surface area contributed by atoms with Crippen molar-refractivity contribution >= 4 is 33.3 Å². The van der Waals surface area contributed by atoms with E-state index in [0.717, 1.165) is 13.1 Å². The second-order valence-corrected chi connectivity index (χ2v) is 7.06. The predicted octanol–water partition coefficient (Wildman–Crippen LogP) is 3.09. The Labute approximate surface area is 141 Å². The van der Waals surface area contributed by atoms with Gasteiger partial charge in [-0.3, -0.25) is 4.72 Å². The van der Waals surface area contributed by atoms with Crippen molar-refractivity contribution in [1.29, 1.82) is 0 Å². The Hall–Kier alpha value is -1.86. The van der Waals surface area contributed by atoms with Crippen LogP contribution in [-0.2, 0) is 10.0 Å². The summed E-state index contributed by atoms with van der Waals surface area (Å²) >= 11 is 5.92. The van der Waals surface area contributed by atoms with Crippen molar-refractivity contribution in [3.8, 4) is 0 Å². The number of rotatable bonds is 6. The third kappa shape index (κ3) is 4.11. The first-order valence-corrected chi connectivity index (χ1v) is 9.11. The highest BCUT2D eigenvalue weighted by molar-refractivity contribution is 7.92. The Morgan fingerprint density at radius 1 is 1.13 bits per heavy atom. The van der Waals surface area contributed by atoms with E-state index in [1.54, 1.807) is 25.1 Å². The lowest BCUT2D eigenvalue weighted by molar-refractivity contribution is 0.601. The second-order valence-electron chi connectivity index (χ2n) is 4.97. The minimum atomic E-state index is -3.72. The molecule has 124 valence electrons. The summed E-state index contributed by atoms with van der Waals surface area (Å²) in [6, 6.07) is 7.87. The first kappa shape index (κ1) is 17.5. The van der Waals surface area contributed by atoms with Gasteiger partial charge < -0.3 is 4.90 Å². The fourth-order valence-electron chi connectivity index (χ4n) is 2.08. The molecule has 0 atom stereocenters. The van der Waals surface area contributed by atoms with E-state index in [2.05, 4.69) is 14.9 Å². The first-order chi connectivity index (χ1) is 10.9. The second kappa shape index (κ2) is 7.14. The van der Waals surface area contributed by atoms with Crippen molar-refractivity contribution in [3.05, 3.63) is 40.9 Å². The molecular weight excluding hydrogens is 336 g/mol. The highest BCUT2D eigenvalue weighted by Gasteiger charge is 2.16. The molecule has 1 aromatic carbocycles. The van der Waals surface area contributed by atoms with E-state index in [-0.39, 0.29) is 10.7 Å². The molecule has 2 aromatic rings. The van der Waals surface area contributed by atoms with Gasteiger partial charge in [-0.25, -0.2) is 8.42 Å². The van der Waals surface area contributed by atoms with Gasteiger partial charge in [0.1, 0.15) is 0 Å². The molecule has 8 heteroatoms. The van der Waals surface area contributed by atoms with E-state index < -0.39 is 10.0 Å². The summed E-state index contributed by atoms with van der Waals surface area (Å²) in [4.78, 5) is 2.16. The summed E-state index contributed by atoms with van der Waals surface area (Å²) in [6.45, 7) is 7.40. The van der Waals surface area contributed by atoms with Crippen molar-refractivity contribution in [2.24, 2.45) is 0 Å². The summed E-state index contributed by atoms with van der Waals surface area (Å²) in [6.07, 6.45) is 0. The molecule has 0 bridgehead atoms. The van der Waals surface area contributed by atoms with Gasteiger partial charge in [0, 0.05) is 18.1 Å². The minimum Gasteiger partial charge on any atom is -0.356 e. The fourth-order valence-corrected chi connectivity index (χ4v) is 3.28. The zero-order valence-electron chi connectivity index (χ0n) is 13.2. The molecule has 0 aliphatic rings. The Kier molecular flexibility index (Phi) is 5.43. The molecule has 23 heavy (non-hydrogen) atoms. The highest BCUT2D eigenvalue weighted by atomic mass is 35.5. The number of nitrogens with one attached hydrogen (secondary N) is 1. The lowest BCUT2D eigenvalue weighted by Gasteiger charge is -2.18. The number of anilines is 2. The molecule has 0 saturated carbocycles. The third-order valence-electron chi connectivity index (χ3n) is 3.42. The van der Waals surface area contributed by atoms with Crippen LogP contribution in [0.15, 0.2) is 35.2 Å². The summed E-state index contributed by atoms with van der Waals surface area (Å²) in [5.41, 5.74) is 0.692. The molecule has 0 radical (unpaired) electrons. The van der Waals surface area contributed by atoms with Gasteiger partial charge in [-0.1, -0.05) is 11.6 Å². The zero-order chi connectivity index (χ0) is 17.0. The van der Waals surface area contributed by atoms with Crippen molar-refractivity contribution in [1.82, 2.24) is 10.2 Å². The van der Waals surface area contributed by atoms with E-state index in [1.807, 2.05) is 18.7 Å². The Morgan fingerprint density at radius 3 is 2.35 bits per heavy atom. The van der Waals surface area contributed by atoms with Crippen LogP contribution in [0.4, 0.5) is 11.6 Å². The molecule has 1 heterocycles. The average molecular weight is 355 g/mol. The molecule has 1 aromatic heterocycles. The van der Waals surface area contributed by atoms with Gasteiger partial charge in [-0.05, 0) is 56.7 Å². The number of hydrogen-bond donors (Lipinski definition) is 1. The minimum absolute atomic E-state index is 0.133. The van der Waals surface area contributed by atoms with Crippen molar-refractivity contribution in [3.63, 3.8) is 0 Å². The molecule has 0 fully saturated rings. The quantitative estimate of drug-likeness (QED) is 0.862. The van der Waals surface area contributed by atoms with Crippen LogP contribution in [0, 0.1) is 6.92 Å². The van der Waals surface area contributed by atoms with Gasteiger partial charge in [0.15, 0.2) is 11.6 Å². The van der Waals surface area contributed by atoms with E-state index in [1.165, 1.54) is 12.1 Å². The molecule has 0 aliphatic heterocycles. The monoisotopic (exact) mass is 354 g/mol. The van der Waals surface area contributed by atoms with Crippen LogP contribution in [-0.4, -0.2) is 31.7 Å². The standard InChI is InChI=1S/C15H19ClN4O2S/c1-4-20(5-2)15-9-8-14(17-18-15)19-23(21,22)12-6-7-13(16)11(3)10-12/h6-10H,4-5H2,1-3H3,(H,17,19). The van der Waals surface area contributed by atoms with Crippen LogP contribution in [0.25, 0.3) is 0 Å². The molecule has 0 spiro atoms. The van der Waals surface area contributed by atoms with Crippen LogP contribution in [0.3, 0.4) is 0 Å². The van der Waals surface area contributed by atoms with Gasteiger partial charge in [-0.15, -0.1) is 10.2 Å². The summed E-state index contributed by atoms with van der Waals surface area (Å²) in [7, 11) is -3.72. The van der Waals surface area contributed by atoms with E-state index in [0.29, 0.717) is 16.4 Å². The Balaban J connectivity index is 2.22.